The molecule has 2 heterocycles. The van der Waals surface area contributed by atoms with Crippen LogP contribution in [0.4, 0.5) is 0 Å². The smallest absolute Gasteiger partial charge is 0.164 e. The van der Waals surface area contributed by atoms with E-state index in [9.17, 15) is 0 Å². The number of hydrogen-bond donors (Lipinski definition) is 0. The van der Waals surface area contributed by atoms with Crippen molar-refractivity contribution in [2.45, 2.75) is 6.92 Å². The Balaban J connectivity index is 1.28. The van der Waals surface area contributed by atoms with Gasteiger partial charge in [-0.1, -0.05) is 140 Å². The minimum Gasteiger partial charge on any atom is -0.309 e. The molecular weight excluding hydrogens is 609 g/mol. The van der Waals surface area contributed by atoms with Crippen LogP contribution in [0.1, 0.15) is 5.56 Å². The SMILES string of the molecule is Cc1ccc(-c2nc(-c3ccccc3)nc(-c3ccccc3)n2)cc1-c1cccc2c1c1cc(-c3ccccc3)ccc1n2-c1ccccc1. The predicted molar refractivity (Wildman–Crippen MR) is 206 cm³/mol. The lowest BCUT2D eigenvalue weighted by Gasteiger charge is -2.13. The zero-order valence-corrected chi connectivity index (χ0v) is 27.5. The first-order valence-electron chi connectivity index (χ1n) is 16.9. The third-order valence-corrected chi connectivity index (χ3v) is 9.40. The van der Waals surface area contributed by atoms with Crippen molar-refractivity contribution in [3.63, 3.8) is 0 Å². The summed E-state index contributed by atoms with van der Waals surface area (Å²) in [5, 5.41) is 2.43. The average Bonchev–Trinajstić information content (AvgIpc) is 3.53. The Labute approximate surface area is 291 Å². The molecule has 236 valence electrons. The summed E-state index contributed by atoms with van der Waals surface area (Å²) in [5.74, 6) is 1.94. The second kappa shape index (κ2) is 12.4. The molecule has 9 aromatic rings. The van der Waals surface area contributed by atoms with Gasteiger partial charge in [-0.2, -0.15) is 0 Å². The fraction of sp³-hybridized carbons (Fsp3) is 0.0217. The first kappa shape index (κ1) is 29.5. The second-order valence-electron chi connectivity index (χ2n) is 12.5. The van der Waals surface area contributed by atoms with Gasteiger partial charge in [0.25, 0.3) is 0 Å². The van der Waals surface area contributed by atoms with E-state index in [0.717, 1.165) is 33.5 Å². The van der Waals surface area contributed by atoms with E-state index in [4.69, 9.17) is 15.0 Å². The number of nitrogens with zero attached hydrogens (tertiary/aromatic N) is 4. The molecule has 0 aliphatic carbocycles. The Hall–Kier alpha value is -6.65. The number of benzene rings is 7. The van der Waals surface area contributed by atoms with Gasteiger partial charge in [0, 0.05) is 33.2 Å². The van der Waals surface area contributed by atoms with Crippen LogP contribution in [0.25, 0.3) is 83.9 Å². The van der Waals surface area contributed by atoms with Gasteiger partial charge in [-0.15, -0.1) is 0 Å². The topological polar surface area (TPSA) is 43.6 Å². The van der Waals surface area contributed by atoms with Crippen molar-refractivity contribution >= 4 is 21.8 Å². The number of para-hydroxylation sites is 1. The van der Waals surface area contributed by atoms with Gasteiger partial charge >= 0.3 is 0 Å². The summed E-state index contributed by atoms with van der Waals surface area (Å²) in [4.78, 5) is 15.0. The minimum atomic E-state index is 0.643. The minimum absolute atomic E-state index is 0.643. The molecule has 4 nitrogen and oxygen atoms in total. The highest BCUT2D eigenvalue weighted by atomic mass is 15.0. The van der Waals surface area contributed by atoms with Crippen LogP contribution in [-0.4, -0.2) is 19.5 Å². The van der Waals surface area contributed by atoms with E-state index in [-0.39, 0.29) is 0 Å². The van der Waals surface area contributed by atoms with Gasteiger partial charge in [0.05, 0.1) is 11.0 Å². The maximum atomic E-state index is 5.04. The zero-order chi connectivity index (χ0) is 33.4. The monoisotopic (exact) mass is 640 g/mol. The van der Waals surface area contributed by atoms with Gasteiger partial charge in [-0.25, -0.2) is 15.0 Å². The van der Waals surface area contributed by atoms with Crippen LogP contribution in [0.15, 0.2) is 176 Å². The van der Waals surface area contributed by atoms with Crippen LogP contribution >= 0.6 is 0 Å². The van der Waals surface area contributed by atoms with Crippen LogP contribution < -0.4 is 0 Å². The van der Waals surface area contributed by atoms with Crippen LogP contribution in [0.3, 0.4) is 0 Å². The summed E-state index contributed by atoms with van der Waals surface area (Å²) in [6.07, 6.45) is 0. The lowest BCUT2D eigenvalue weighted by Crippen LogP contribution is -2.00. The van der Waals surface area contributed by atoms with E-state index < -0.39 is 0 Å². The Morgan fingerprint density at radius 3 is 1.54 bits per heavy atom. The van der Waals surface area contributed by atoms with E-state index in [1.807, 2.05) is 60.7 Å². The molecule has 0 saturated heterocycles. The molecule has 7 aromatic carbocycles. The average molecular weight is 641 g/mol. The molecule has 50 heavy (non-hydrogen) atoms. The van der Waals surface area contributed by atoms with Crippen LogP contribution in [-0.2, 0) is 0 Å². The number of aromatic nitrogens is 4. The highest BCUT2D eigenvalue weighted by Gasteiger charge is 2.19. The Morgan fingerprint density at radius 1 is 0.380 bits per heavy atom. The number of fused-ring (bicyclic) bond motifs is 3. The Morgan fingerprint density at radius 2 is 0.920 bits per heavy atom. The van der Waals surface area contributed by atoms with Crippen molar-refractivity contribution < 1.29 is 0 Å². The maximum absolute atomic E-state index is 5.04. The zero-order valence-electron chi connectivity index (χ0n) is 27.5. The van der Waals surface area contributed by atoms with E-state index in [1.165, 1.54) is 38.5 Å². The molecule has 0 N–H and O–H groups in total. The van der Waals surface area contributed by atoms with Crippen LogP contribution in [0.5, 0.6) is 0 Å². The summed E-state index contributed by atoms with van der Waals surface area (Å²) in [6.45, 7) is 2.18. The molecule has 2 aromatic heterocycles. The van der Waals surface area contributed by atoms with Gasteiger partial charge < -0.3 is 4.57 Å². The van der Waals surface area contributed by atoms with Gasteiger partial charge in [0.2, 0.25) is 0 Å². The third-order valence-electron chi connectivity index (χ3n) is 9.40. The maximum Gasteiger partial charge on any atom is 0.164 e. The largest absolute Gasteiger partial charge is 0.309 e. The molecule has 9 rings (SSSR count). The fourth-order valence-corrected chi connectivity index (χ4v) is 6.95. The molecule has 0 spiro atoms. The summed E-state index contributed by atoms with van der Waals surface area (Å²) >= 11 is 0. The van der Waals surface area contributed by atoms with Crippen molar-refractivity contribution in [3.05, 3.63) is 181 Å². The van der Waals surface area contributed by atoms with Crippen LogP contribution in [0, 0.1) is 6.92 Å². The normalized spacial score (nSPS) is 11.3. The molecular formula is C46H32N4. The van der Waals surface area contributed by atoms with Crippen molar-refractivity contribution in [2.24, 2.45) is 0 Å². The van der Waals surface area contributed by atoms with Crippen LogP contribution in [0.2, 0.25) is 0 Å². The van der Waals surface area contributed by atoms with Crippen molar-refractivity contribution in [1.82, 2.24) is 19.5 Å². The molecule has 0 bridgehead atoms. The van der Waals surface area contributed by atoms with Gasteiger partial charge in [0.1, 0.15) is 0 Å². The fourth-order valence-electron chi connectivity index (χ4n) is 6.95. The molecule has 0 amide bonds. The Bertz CT molecular complexity index is 2570. The summed E-state index contributed by atoms with van der Waals surface area (Å²) in [5.41, 5.74) is 12.2. The lowest BCUT2D eigenvalue weighted by atomic mass is 9.93. The van der Waals surface area contributed by atoms with Crippen molar-refractivity contribution in [3.8, 4) is 62.1 Å². The molecule has 4 heteroatoms. The van der Waals surface area contributed by atoms with Crippen molar-refractivity contribution in [1.29, 1.82) is 0 Å². The highest BCUT2D eigenvalue weighted by molar-refractivity contribution is 6.17. The molecule has 0 aliphatic rings. The molecule has 0 aliphatic heterocycles. The van der Waals surface area contributed by atoms with Crippen molar-refractivity contribution in [2.75, 3.05) is 0 Å². The Kier molecular flexibility index (Phi) is 7.33. The molecule has 0 unspecified atom stereocenters. The quantitative estimate of drug-likeness (QED) is 0.182. The van der Waals surface area contributed by atoms with E-state index in [0.29, 0.717) is 17.5 Å². The third kappa shape index (κ3) is 5.24. The highest BCUT2D eigenvalue weighted by Crippen LogP contribution is 2.41. The molecule has 0 radical (unpaired) electrons. The summed E-state index contributed by atoms with van der Waals surface area (Å²) < 4.78 is 2.38. The standard InChI is InChI=1S/C46H32N4/c1-31-25-26-36(46-48-44(33-17-8-3-9-18-33)47-45(49-46)34-19-10-4-11-20-34)30-39(31)38-23-14-24-42-43(38)40-29-35(32-15-6-2-7-16-32)27-28-41(40)50(42)37-21-12-5-13-22-37/h2-30H,1H3. The molecule has 0 saturated carbocycles. The first-order chi connectivity index (χ1) is 24.7. The number of hydrogen-bond acceptors (Lipinski definition) is 3. The number of aryl methyl sites for hydroxylation is 1. The lowest BCUT2D eigenvalue weighted by molar-refractivity contribution is 1.07. The summed E-state index contributed by atoms with van der Waals surface area (Å²) in [7, 11) is 0. The van der Waals surface area contributed by atoms with E-state index in [2.05, 4.69) is 127 Å². The van der Waals surface area contributed by atoms with Gasteiger partial charge in [-0.3, -0.25) is 0 Å². The van der Waals surface area contributed by atoms with E-state index in [1.54, 1.807) is 0 Å². The predicted octanol–water partition coefficient (Wildman–Crippen LogP) is 11.6. The first-order valence-corrected chi connectivity index (χ1v) is 16.9. The molecule has 0 fully saturated rings. The second-order valence-corrected chi connectivity index (χ2v) is 12.5. The summed E-state index contributed by atoms with van der Waals surface area (Å²) in [6, 6.07) is 61.5. The van der Waals surface area contributed by atoms with E-state index >= 15 is 0 Å². The molecule has 0 atom stereocenters. The van der Waals surface area contributed by atoms with Gasteiger partial charge in [0.15, 0.2) is 17.5 Å². The van der Waals surface area contributed by atoms with Gasteiger partial charge in [-0.05, 0) is 71.1 Å². The number of rotatable bonds is 6.